The van der Waals surface area contributed by atoms with Gasteiger partial charge in [-0.3, -0.25) is 4.68 Å². The minimum absolute atomic E-state index is 0.152. The summed E-state index contributed by atoms with van der Waals surface area (Å²) in [4.78, 5) is 7.82. The van der Waals surface area contributed by atoms with Crippen molar-refractivity contribution in [3.05, 3.63) is 28.4 Å². The summed E-state index contributed by atoms with van der Waals surface area (Å²) < 4.78 is 1.73. The first kappa shape index (κ1) is 12.1. The van der Waals surface area contributed by atoms with E-state index in [0.29, 0.717) is 10.8 Å². The highest BCUT2D eigenvalue weighted by Gasteiger charge is 2.09. The molecule has 1 N–H and O–H groups in total. The molecule has 0 aliphatic heterocycles. The maximum Gasteiger partial charge on any atom is 0.224 e. The van der Waals surface area contributed by atoms with Crippen LogP contribution in [-0.4, -0.2) is 19.7 Å². The standard InChI is InChI=1S/C10H11Cl2N5/c1-3-7-8(5-17(2)16-7)14-9-6(11)4-13-10(12)15-9/h4-5H,3H2,1-2H3,(H,13,14,15). The monoisotopic (exact) mass is 271 g/mol. The predicted octanol–water partition coefficient (Wildman–Crippen LogP) is 2.82. The van der Waals surface area contributed by atoms with Crippen molar-refractivity contribution < 1.29 is 0 Å². The van der Waals surface area contributed by atoms with Gasteiger partial charge >= 0.3 is 0 Å². The zero-order chi connectivity index (χ0) is 12.4. The first-order valence-corrected chi connectivity index (χ1v) is 5.83. The van der Waals surface area contributed by atoms with Crippen LogP contribution in [0.1, 0.15) is 12.6 Å². The minimum Gasteiger partial charge on any atom is -0.336 e. The third kappa shape index (κ3) is 2.68. The number of halogens is 2. The molecule has 0 spiro atoms. The predicted molar refractivity (Wildman–Crippen MR) is 67.9 cm³/mol. The van der Waals surface area contributed by atoms with Crippen molar-refractivity contribution in [3.63, 3.8) is 0 Å². The average Bonchev–Trinajstić information content (AvgIpc) is 2.64. The van der Waals surface area contributed by atoms with Crippen LogP contribution in [0.15, 0.2) is 12.4 Å². The Morgan fingerprint density at radius 3 is 2.88 bits per heavy atom. The zero-order valence-electron chi connectivity index (χ0n) is 9.41. The summed E-state index contributed by atoms with van der Waals surface area (Å²) in [5.74, 6) is 0.481. The van der Waals surface area contributed by atoms with E-state index < -0.39 is 0 Å². The second-order valence-electron chi connectivity index (χ2n) is 3.48. The highest BCUT2D eigenvalue weighted by molar-refractivity contribution is 6.33. The Labute approximate surface area is 109 Å². The van der Waals surface area contributed by atoms with Gasteiger partial charge in [0, 0.05) is 13.2 Å². The first-order valence-electron chi connectivity index (χ1n) is 5.07. The van der Waals surface area contributed by atoms with Crippen LogP contribution in [0.5, 0.6) is 0 Å². The molecule has 0 atom stereocenters. The minimum atomic E-state index is 0.152. The molecule has 0 saturated carbocycles. The summed E-state index contributed by atoms with van der Waals surface area (Å²) >= 11 is 11.7. The van der Waals surface area contributed by atoms with E-state index in [-0.39, 0.29) is 5.28 Å². The van der Waals surface area contributed by atoms with Crippen LogP contribution in [0.2, 0.25) is 10.3 Å². The van der Waals surface area contributed by atoms with Gasteiger partial charge in [-0.1, -0.05) is 18.5 Å². The Kier molecular flexibility index (Phi) is 3.49. The molecule has 2 aromatic heterocycles. The third-order valence-electron chi connectivity index (χ3n) is 2.21. The van der Waals surface area contributed by atoms with Crippen molar-refractivity contribution in [1.29, 1.82) is 0 Å². The number of rotatable bonds is 3. The molecule has 90 valence electrons. The molecule has 7 heteroatoms. The molecule has 0 aromatic carbocycles. The lowest BCUT2D eigenvalue weighted by molar-refractivity contribution is 0.746. The number of aromatic nitrogens is 4. The Balaban J connectivity index is 2.33. The van der Waals surface area contributed by atoms with E-state index in [1.807, 2.05) is 20.2 Å². The number of hydrogen-bond donors (Lipinski definition) is 1. The number of hydrogen-bond acceptors (Lipinski definition) is 4. The van der Waals surface area contributed by atoms with Crippen LogP contribution in [-0.2, 0) is 13.5 Å². The molecule has 0 radical (unpaired) electrons. The summed E-state index contributed by atoms with van der Waals surface area (Å²) in [6.45, 7) is 2.03. The van der Waals surface area contributed by atoms with Gasteiger partial charge in [0.05, 0.1) is 17.6 Å². The largest absolute Gasteiger partial charge is 0.336 e. The van der Waals surface area contributed by atoms with E-state index in [1.54, 1.807) is 4.68 Å². The van der Waals surface area contributed by atoms with Crippen molar-refractivity contribution in [2.24, 2.45) is 7.05 Å². The van der Waals surface area contributed by atoms with Gasteiger partial charge < -0.3 is 5.32 Å². The van der Waals surface area contributed by atoms with Crippen LogP contribution in [0.3, 0.4) is 0 Å². The van der Waals surface area contributed by atoms with Gasteiger partial charge in [-0.2, -0.15) is 10.1 Å². The quantitative estimate of drug-likeness (QED) is 0.873. The second kappa shape index (κ2) is 4.89. The lowest BCUT2D eigenvalue weighted by atomic mass is 10.3. The summed E-state index contributed by atoms with van der Waals surface area (Å²) in [5.41, 5.74) is 1.81. The van der Waals surface area contributed by atoms with E-state index in [1.165, 1.54) is 6.20 Å². The Morgan fingerprint density at radius 2 is 2.18 bits per heavy atom. The van der Waals surface area contributed by atoms with E-state index in [0.717, 1.165) is 17.8 Å². The van der Waals surface area contributed by atoms with Gasteiger partial charge in [0.25, 0.3) is 0 Å². The molecule has 2 rings (SSSR count). The number of nitrogens with zero attached hydrogens (tertiary/aromatic N) is 4. The molecule has 0 unspecified atom stereocenters. The van der Waals surface area contributed by atoms with Crippen molar-refractivity contribution in [3.8, 4) is 0 Å². The lowest BCUT2D eigenvalue weighted by Crippen LogP contribution is -1.97. The van der Waals surface area contributed by atoms with E-state index in [4.69, 9.17) is 23.2 Å². The highest BCUT2D eigenvalue weighted by atomic mass is 35.5. The molecule has 0 bridgehead atoms. The molecule has 5 nitrogen and oxygen atoms in total. The SMILES string of the molecule is CCc1nn(C)cc1Nc1nc(Cl)ncc1Cl. The normalized spacial score (nSPS) is 10.6. The van der Waals surface area contributed by atoms with Gasteiger partial charge in [0.15, 0.2) is 5.82 Å². The fraction of sp³-hybridized carbons (Fsp3) is 0.300. The van der Waals surface area contributed by atoms with Crippen LogP contribution in [0.4, 0.5) is 11.5 Å². The molecule has 0 aliphatic rings. The van der Waals surface area contributed by atoms with E-state index in [2.05, 4.69) is 20.4 Å². The summed E-state index contributed by atoms with van der Waals surface area (Å²) in [6.07, 6.45) is 4.14. The molecular weight excluding hydrogens is 261 g/mol. The van der Waals surface area contributed by atoms with Crippen molar-refractivity contribution in [1.82, 2.24) is 19.7 Å². The molecule has 0 aliphatic carbocycles. The molecule has 0 amide bonds. The van der Waals surface area contributed by atoms with Gasteiger partial charge in [0.2, 0.25) is 5.28 Å². The number of aryl methyl sites for hydroxylation is 2. The van der Waals surface area contributed by atoms with Gasteiger partial charge in [0.1, 0.15) is 5.02 Å². The van der Waals surface area contributed by atoms with Crippen molar-refractivity contribution in [2.75, 3.05) is 5.32 Å². The lowest BCUT2D eigenvalue weighted by Gasteiger charge is -2.06. The maximum atomic E-state index is 5.98. The van der Waals surface area contributed by atoms with E-state index >= 15 is 0 Å². The Hall–Kier alpha value is -1.33. The van der Waals surface area contributed by atoms with Crippen LogP contribution in [0, 0.1) is 0 Å². The summed E-state index contributed by atoms with van der Waals surface area (Å²) in [7, 11) is 1.86. The summed E-state index contributed by atoms with van der Waals surface area (Å²) in [5, 5.41) is 7.98. The Morgan fingerprint density at radius 1 is 1.41 bits per heavy atom. The van der Waals surface area contributed by atoms with Crippen molar-refractivity contribution in [2.45, 2.75) is 13.3 Å². The third-order valence-corrected chi connectivity index (χ3v) is 2.67. The average molecular weight is 272 g/mol. The molecule has 2 aromatic rings. The number of nitrogens with one attached hydrogen (secondary N) is 1. The summed E-state index contributed by atoms with van der Waals surface area (Å²) in [6, 6.07) is 0. The Bertz CT molecular complexity index is 537. The second-order valence-corrected chi connectivity index (χ2v) is 4.22. The smallest absolute Gasteiger partial charge is 0.224 e. The molecule has 0 saturated heterocycles. The molecule has 2 heterocycles. The fourth-order valence-corrected chi connectivity index (χ4v) is 1.73. The first-order chi connectivity index (χ1) is 8.10. The zero-order valence-corrected chi connectivity index (χ0v) is 10.9. The van der Waals surface area contributed by atoms with Gasteiger partial charge in [-0.05, 0) is 18.0 Å². The molecule has 0 fully saturated rings. The van der Waals surface area contributed by atoms with Crippen LogP contribution in [0.25, 0.3) is 0 Å². The van der Waals surface area contributed by atoms with Gasteiger partial charge in [-0.25, -0.2) is 4.98 Å². The van der Waals surface area contributed by atoms with Gasteiger partial charge in [-0.15, -0.1) is 0 Å². The number of anilines is 2. The van der Waals surface area contributed by atoms with Crippen LogP contribution < -0.4 is 5.32 Å². The fourth-order valence-electron chi connectivity index (χ4n) is 1.46. The maximum absolute atomic E-state index is 5.98. The molecule has 17 heavy (non-hydrogen) atoms. The van der Waals surface area contributed by atoms with Crippen LogP contribution >= 0.6 is 23.2 Å². The van der Waals surface area contributed by atoms with E-state index in [9.17, 15) is 0 Å². The molecular formula is C10H11Cl2N5. The topological polar surface area (TPSA) is 55.6 Å². The van der Waals surface area contributed by atoms with Crippen molar-refractivity contribution >= 4 is 34.7 Å². The highest BCUT2D eigenvalue weighted by Crippen LogP contribution is 2.25.